The molecular formula is C37H46N6O5. The first-order valence-corrected chi connectivity index (χ1v) is 16.7. The molecule has 2 saturated heterocycles. The number of aromatic amines is 2. The van der Waals surface area contributed by atoms with Gasteiger partial charge in [-0.15, -0.1) is 0 Å². The summed E-state index contributed by atoms with van der Waals surface area (Å²) >= 11 is 0. The summed E-state index contributed by atoms with van der Waals surface area (Å²) in [4.78, 5) is 44.7. The second-order valence-electron chi connectivity index (χ2n) is 14.7. The Morgan fingerprint density at radius 1 is 0.979 bits per heavy atom. The van der Waals surface area contributed by atoms with Crippen LogP contribution in [0.25, 0.3) is 28.4 Å². The van der Waals surface area contributed by atoms with Gasteiger partial charge in [0.2, 0.25) is 5.72 Å². The average Bonchev–Trinajstić information content (AvgIpc) is 3.81. The van der Waals surface area contributed by atoms with Crippen molar-refractivity contribution in [1.82, 2.24) is 29.7 Å². The molecule has 2 aliphatic rings. The maximum absolute atomic E-state index is 12.8. The molecule has 6 rings (SSSR count). The highest BCUT2D eigenvalue weighted by Gasteiger charge is 2.47. The molecule has 2 aromatic heterocycles. The predicted octanol–water partition coefficient (Wildman–Crippen LogP) is 7.46. The summed E-state index contributed by atoms with van der Waals surface area (Å²) in [6, 6.07) is 14.2. The van der Waals surface area contributed by atoms with E-state index in [2.05, 4.69) is 39.2 Å². The molecule has 0 aliphatic carbocycles. The van der Waals surface area contributed by atoms with Crippen LogP contribution in [0.3, 0.4) is 0 Å². The van der Waals surface area contributed by atoms with Gasteiger partial charge in [-0.2, -0.15) is 0 Å². The zero-order valence-electron chi connectivity index (χ0n) is 28.7. The number of allylic oxidation sites excluding steroid dienone is 1. The summed E-state index contributed by atoms with van der Waals surface area (Å²) in [7, 11) is 0. The van der Waals surface area contributed by atoms with Crippen molar-refractivity contribution in [2.24, 2.45) is 0 Å². The first kappa shape index (κ1) is 33.3. The van der Waals surface area contributed by atoms with Gasteiger partial charge in [-0.25, -0.2) is 19.6 Å². The molecule has 2 aliphatic heterocycles. The molecule has 0 saturated carbocycles. The number of amides is 2. The van der Waals surface area contributed by atoms with Crippen molar-refractivity contribution in [2.45, 2.75) is 96.6 Å². The molecule has 0 radical (unpaired) electrons. The van der Waals surface area contributed by atoms with Gasteiger partial charge in [0.1, 0.15) is 17.0 Å². The third-order valence-corrected chi connectivity index (χ3v) is 8.57. The molecule has 4 aromatic rings. The molecule has 3 N–H and O–H groups in total. The summed E-state index contributed by atoms with van der Waals surface area (Å²) in [6.07, 6.45) is 8.59. The lowest BCUT2D eigenvalue weighted by Gasteiger charge is -2.33. The van der Waals surface area contributed by atoms with Crippen LogP contribution in [-0.4, -0.2) is 71.3 Å². The van der Waals surface area contributed by atoms with Crippen molar-refractivity contribution < 1.29 is 24.2 Å². The molecule has 2 atom stereocenters. The highest BCUT2D eigenvalue weighted by atomic mass is 16.6. The van der Waals surface area contributed by atoms with Gasteiger partial charge in [0.15, 0.2) is 5.82 Å². The van der Waals surface area contributed by atoms with Crippen LogP contribution in [0.5, 0.6) is 0 Å². The number of fused-ring (bicyclic) bond motifs is 1. The van der Waals surface area contributed by atoms with Crippen LogP contribution >= 0.6 is 0 Å². The number of ether oxygens (including phenoxy) is 2. The Labute approximate surface area is 281 Å². The van der Waals surface area contributed by atoms with E-state index in [1.54, 1.807) is 31.9 Å². The number of imidazole rings is 2. The molecule has 2 amide bonds. The lowest BCUT2D eigenvalue weighted by molar-refractivity contribution is -0.0945. The minimum atomic E-state index is -1.54. The predicted molar refractivity (Wildman–Crippen MR) is 184 cm³/mol. The minimum Gasteiger partial charge on any atom is -0.444 e. The van der Waals surface area contributed by atoms with Crippen LogP contribution in [0.4, 0.5) is 9.59 Å². The summed E-state index contributed by atoms with van der Waals surface area (Å²) in [5.41, 5.74) is 2.96. The molecule has 254 valence electrons. The maximum Gasteiger partial charge on any atom is 0.412 e. The molecule has 11 heteroatoms. The number of likely N-dealkylation sites (tertiary alicyclic amines) is 2. The van der Waals surface area contributed by atoms with E-state index < -0.39 is 23.0 Å². The summed E-state index contributed by atoms with van der Waals surface area (Å²) < 4.78 is 11.2. The van der Waals surface area contributed by atoms with Crippen molar-refractivity contribution in [3.8, 4) is 11.3 Å². The number of carbonyl (C=O) groups is 2. The van der Waals surface area contributed by atoms with E-state index in [-0.39, 0.29) is 12.1 Å². The van der Waals surface area contributed by atoms with Crippen molar-refractivity contribution in [1.29, 1.82) is 0 Å². The number of hydrogen-bond acceptors (Lipinski definition) is 7. The Morgan fingerprint density at radius 2 is 1.71 bits per heavy atom. The van der Waals surface area contributed by atoms with Gasteiger partial charge in [-0.05, 0) is 96.0 Å². The van der Waals surface area contributed by atoms with Gasteiger partial charge in [-0.3, -0.25) is 9.80 Å². The Kier molecular flexibility index (Phi) is 8.84. The molecular weight excluding hydrogens is 608 g/mol. The second-order valence-corrected chi connectivity index (χ2v) is 14.7. The first-order valence-electron chi connectivity index (χ1n) is 16.7. The Morgan fingerprint density at radius 3 is 2.44 bits per heavy atom. The molecule has 0 bridgehead atoms. The van der Waals surface area contributed by atoms with Gasteiger partial charge in [0.05, 0.1) is 29.0 Å². The normalized spacial score (nSPS) is 20.3. The Bertz CT molecular complexity index is 1810. The third-order valence-electron chi connectivity index (χ3n) is 8.57. The molecule has 11 nitrogen and oxygen atoms in total. The van der Waals surface area contributed by atoms with Crippen molar-refractivity contribution >= 4 is 29.3 Å². The van der Waals surface area contributed by atoms with Gasteiger partial charge in [0.25, 0.3) is 0 Å². The summed E-state index contributed by atoms with van der Waals surface area (Å²) in [6.45, 7) is 12.1. The van der Waals surface area contributed by atoms with Gasteiger partial charge in [-0.1, -0.05) is 42.5 Å². The standard InChI is InChI=1S/C37H46N6O5/c1-35(2,3)47-33(44)42-20-8-12-30(42)31-39-27-18-15-25(22-28(27)40-31)11-7-10-24-13-16-26(17-14-24)29-23-38-32(41-29)37(46)19-9-21-43(37)34(45)48-36(4,5)6/h7,10,13-18,22-23,30,46H,8-9,11-12,19-21H2,1-6H3,(H,38,41)(H,39,40)/b10-7+/t30-,37-/m0/s1. The van der Waals surface area contributed by atoms with Gasteiger partial charge in [0, 0.05) is 19.5 Å². The number of H-pyrrole nitrogens is 2. The highest BCUT2D eigenvalue weighted by Crippen LogP contribution is 2.37. The topological polar surface area (TPSA) is 137 Å². The van der Waals surface area contributed by atoms with E-state index in [1.165, 1.54) is 4.90 Å². The van der Waals surface area contributed by atoms with Crippen LogP contribution in [-0.2, 0) is 21.6 Å². The molecule has 4 heterocycles. The van der Waals surface area contributed by atoms with E-state index in [4.69, 9.17) is 14.5 Å². The minimum absolute atomic E-state index is 0.119. The van der Waals surface area contributed by atoms with E-state index in [1.807, 2.05) is 51.1 Å². The van der Waals surface area contributed by atoms with E-state index in [9.17, 15) is 14.7 Å². The zero-order chi connectivity index (χ0) is 34.3. The molecule has 2 fully saturated rings. The number of aromatic nitrogens is 4. The third kappa shape index (κ3) is 7.26. The fourth-order valence-corrected chi connectivity index (χ4v) is 6.34. The number of hydrogen-bond donors (Lipinski definition) is 3. The SMILES string of the molecule is CC(C)(C)OC(=O)N1CCC[C@H]1c1nc2ccc(C/C=C/c3ccc(-c4cnc([C@@]5(O)CCCN5C(=O)OC(C)(C)C)[nH]4)cc3)cc2[nH]1. The number of carbonyl (C=O) groups excluding carboxylic acids is 2. The largest absolute Gasteiger partial charge is 0.444 e. The number of nitrogens with zero attached hydrogens (tertiary/aromatic N) is 4. The van der Waals surface area contributed by atoms with E-state index in [0.29, 0.717) is 31.8 Å². The van der Waals surface area contributed by atoms with Gasteiger partial charge >= 0.3 is 12.2 Å². The van der Waals surface area contributed by atoms with Crippen LogP contribution < -0.4 is 0 Å². The van der Waals surface area contributed by atoms with Crippen LogP contribution in [0.2, 0.25) is 0 Å². The molecule has 0 spiro atoms. The monoisotopic (exact) mass is 654 g/mol. The number of benzene rings is 2. The summed E-state index contributed by atoms with van der Waals surface area (Å²) in [5.74, 6) is 1.12. The molecule has 48 heavy (non-hydrogen) atoms. The van der Waals surface area contributed by atoms with Crippen LogP contribution in [0, 0.1) is 0 Å². The maximum atomic E-state index is 12.8. The number of rotatable bonds is 6. The van der Waals surface area contributed by atoms with E-state index >= 15 is 0 Å². The van der Waals surface area contributed by atoms with Gasteiger partial charge < -0.3 is 24.5 Å². The number of aliphatic hydroxyl groups is 1. The zero-order valence-corrected chi connectivity index (χ0v) is 28.7. The highest BCUT2D eigenvalue weighted by molar-refractivity contribution is 5.77. The quantitative estimate of drug-likeness (QED) is 0.196. The van der Waals surface area contributed by atoms with Crippen LogP contribution in [0.15, 0.2) is 54.7 Å². The average molecular weight is 655 g/mol. The smallest absolute Gasteiger partial charge is 0.412 e. The molecule has 0 unspecified atom stereocenters. The van der Waals surface area contributed by atoms with Crippen molar-refractivity contribution in [2.75, 3.05) is 13.1 Å². The fraction of sp³-hybridized carbons (Fsp3) is 0.459. The lowest BCUT2D eigenvalue weighted by atomic mass is 10.1. The second kappa shape index (κ2) is 12.8. The van der Waals surface area contributed by atoms with Crippen LogP contribution in [0.1, 0.15) is 96.0 Å². The Hall–Kier alpha value is -4.64. The lowest BCUT2D eigenvalue weighted by Crippen LogP contribution is -2.47. The summed E-state index contributed by atoms with van der Waals surface area (Å²) in [5, 5.41) is 11.5. The first-order chi connectivity index (χ1) is 22.7. The van der Waals surface area contributed by atoms with E-state index in [0.717, 1.165) is 58.5 Å². The van der Waals surface area contributed by atoms with Crippen molar-refractivity contribution in [3.63, 3.8) is 0 Å². The van der Waals surface area contributed by atoms with Crippen molar-refractivity contribution in [3.05, 3.63) is 77.5 Å². The Balaban J connectivity index is 1.08. The fourth-order valence-electron chi connectivity index (χ4n) is 6.34. The number of nitrogens with one attached hydrogen (secondary N) is 2. The molecule has 2 aromatic carbocycles.